The normalized spacial score (nSPS) is 13.0. The molecule has 1 unspecified atom stereocenters. The summed E-state index contributed by atoms with van der Waals surface area (Å²) in [5.41, 5.74) is 0. The lowest BCUT2D eigenvalue weighted by atomic mass is 10.1. The fourth-order valence-electron chi connectivity index (χ4n) is 1.52. The maximum Gasteiger partial charge on any atom is 0.323 e. The Balaban J connectivity index is 4.28. The average molecular weight is 187 g/mol. The van der Waals surface area contributed by atoms with Gasteiger partial charge in [0, 0.05) is 0 Å². The van der Waals surface area contributed by atoms with Crippen LogP contribution in [0.15, 0.2) is 0 Å². The molecule has 0 radical (unpaired) electrons. The number of hydrogen-bond acceptors (Lipinski definition) is 3. The van der Waals surface area contributed by atoms with Crippen molar-refractivity contribution < 1.29 is 9.53 Å². The van der Waals surface area contributed by atoms with Crippen molar-refractivity contribution in [3.8, 4) is 0 Å². The van der Waals surface area contributed by atoms with Crippen LogP contribution in [0.25, 0.3) is 0 Å². The quantitative estimate of drug-likeness (QED) is 0.592. The molecule has 0 rings (SSSR count). The Kier molecular flexibility index (Phi) is 6.59. The molecule has 0 heterocycles. The number of methoxy groups -OCH3 is 1. The number of esters is 1. The smallest absolute Gasteiger partial charge is 0.323 e. The molecule has 0 fully saturated rings. The number of hydrogen-bond donors (Lipinski definition) is 0. The molecular weight excluding hydrogens is 166 g/mol. The van der Waals surface area contributed by atoms with E-state index >= 15 is 0 Å². The van der Waals surface area contributed by atoms with Gasteiger partial charge in [0.2, 0.25) is 0 Å². The zero-order valence-corrected chi connectivity index (χ0v) is 9.17. The highest BCUT2D eigenvalue weighted by molar-refractivity contribution is 5.75. The van der Waals surface area contributed by atoms with Crippen LogP contribution < -0.4 is 0 Å². The Hall–Kier alpha value is -0.570. The van der Waals surface area contributed by atoms with E-state index in [0.29, 0.717) is 0 Å². The van der Waals surface area contributed by atoms with E-state index < -0.39 is 0 Å². The zero-order chi connectivity index (χ0) is 10.3. The van der Waals surface area contributed by atoms with Gasteiger partial charge < -0.3 is 4.74 Å². The lowest BCUT2D eigenvalue weighted by molar-refractivity contribution is -0.147. The molecule has 0 N–H and O–H groups in total. The van der Waals surface area contributed by atoms with Crippen molar-refractivity contribution in [1.29, 1.82) is 0 Å². The van der Waals surface area contributed by atoms with E-state index in [1.807, 2.05) is 0 Å². The number of nitrogens with zero attached hydrogens (tertiary/aromatic N) is 1. The highest BCUT2D eigenvalue weighted by Gasteiger charge is 2.23. The predicted octanol–water partition coefficient (Wildman–Crippen LogP) is 1.67. The molecule has 0 aliphatic heterocycles. The highest BCUT2D eigenvalue weighted by atomic mass is 16.5. The standard InChI is InChI=1S/C10H21NO2/c1-5-8-9(10(12)13-4)11(6-2)7-3/h9H,5-8H2,1-4H3. The third-order valence-corrected chi connectivity index (χ3v) is 2.29. The van der Waals surface area contributed by atoms with Gasteiger partial charge in [0.15, 0.2) is 0 Å². The molecule has 0 spiro atoms. The molecule has 0 saturated carbocycles. The molecule has 0 bridgehead atoms. The van der Waals surface area contributed by atoms with Crippen molar-refractivity contribution in [3.05, 3.63) is 0 Å². The van der Waals surface area contributed by atoms with Crippen molar-refractivity contribution >= 4 is 5.97 Å². The van der Waals surface area contributed by atoms with E-state index in [-0.39, 0.29) is 12.0 Å². The molecule has 0 aromatic rings. The van der Waals surface area contributed by atoms with E-state index in [0.717, 1.165) is 25.9 Å². The summed E-state index contributed by atoms with van der Waals surface area (Å²) in [7, 11) is 1.45. The molecule has 0 saturated heterocycles. The fraction of sp³-hybridized carbons (Fsp3) is 0.900. The number of carbonyl (C=O) groups excluding carboxylic acids is 1. The fourth-order valence-corrected chi connectivity index (χ4v) is 1.52. The number of rotatable bonds is 6. The zero-order valence-electron chi connectivity index (χ0n) is 9.17. The topological polar surface area (TPSA) is 29.5 Å². The average Bonchev–Trinajstić information content (AvgIpc) is 2.17. The Morgan fingerprint density at radius 3 is 2.15 bits per heavy atom. The second-order valence-corrected chi connectivity index (χ2v) is 3.05. The van der Waals surface area contributed by atoms with Crippen molar-refractivity contribution in [2.45, 2.75) is 39.7 Å². The molecule has 3 nitrogen and oxygen atoms in total. The molecule has 0 aromatic heterocycles. The van der Waals surface area contributed by atoms with E-state index in [1.165, 1.54) is 7.11 Å². The lowest BCUT2D eigenvalue weighted by Crippen LogP contribution is -2.41. The number of carbonyl (C=O) groups is 1. The first-order chi connectivity index (χ1) is 6.21. The van der Waals surface area contributed by atoms with Gasteiger partial charge in [-0.2, -0.15) is 0 Å². The first-order valence-electron chi connectivity index (χ1n) is 5.03. The van der Waals surface area contributed by atoms with Gasteiger partial charge >= 0.3 is 5.97 Å². The van der Waals surface area contributed by atoms with Crippen molar-refractivity contribution in [3.63, 3.8) is 0 Å². The molecule has 1 atom stereocenters. The summed E-state index contributed by atoms with van der Waals surface area (Å²) in [5, 5.41) is 0. The maximum absolute atomic E-state index is 11.4. The van der Waals surface area contributed by atoms with Gasteiger partial charge in [0.05, 0.1) is 7.11 Å². The van der Waals surface area contributed by atoms with Gasteiger partial charge in [-0.15, -0.1) is 0 Å². The third-order valence-electron chi connectivity index (χ3n) is 2.29. The molecular formula is C10H21NO2. The molecule has 0 aromatic carbocycles. The number of likely N-dealkylation sites (N-methyl/N-ethyl adjacent to an activating group) is 1. The first-order valence-corrected chi connectivity index (χ1v) is 5.03. The van der Waals surface area contributed by atoms with Crippen LogP contribution in [-0.4, -0.2) is 37.1 Å². The van der Waals surface area contributed by atoms with Crippen LogP contribution in [0.1, 0.15) is 33.6 Å². The largest absolute Gasteiger partial charge is 0.468 e. The summed E-state index contributed by atoms with van der Waals surface area (Å²) in [5.74, 6) is -0.106. The Bertz CT molecular complexity index is 144. The van der Waals surface area contributed by atoms with E-state index in [2.05, 4.69) is 25.7 Å². The summed E-state index contributed by atoms with van der Waals surface area (Å²) >= 11 is 0. The van der Waals surface area contributed by atoms with Crippen molar-refractivity contribution in [2.24, 2.45) is 0 Å². The molecule has 13 heavy (non-hydrogen) atoms. The first kappa shape index (κ1) is 12.4. The minimum atomic E-state index is -0.106. The van der Waals surface area contributed by atoms with E-state index in [4.69, 9.17) is 4.74 Å². The van der Waals surface area contributed by atoms with Crippen LogP contribution in [0.2, 0.25) is 0 Å². The van der Waals surface area contributed by atoms with Crippen molar-refractivity contribution in [1.82, 2.24) is 4.90 Å². The van der Waals surface area contributed by atoms with Crippen LogP contribution in [0.3, 0.4) is 0 Å². The van der Waals surface area contributed by atoms with Crippen LogP contribution in [0.4, 0.5) is 0 Å². The SMILES string of the molecule is CCCC(C(=O)OC)N(CC)CC. The Morgan fingerprint density at radius 2 is 1.85 bits per heavy atom. The van der Waals surface area contributed by atoms with Gasteiger partial charge in [0.25, 0.3) is 0 Å². The van der Waals surface area contributed by atoms with Gasteiger partial charge in [-0.3, -0.25) is 9.69 Å². The van der Waals surface area contributed by atoms with Crippen LogP contribution in [-0.2, 0) is 9.53 Å². The minimum absolute atomic E-state index is 0.0509. The summed E-state index contributed by atoms with van der Waals surface area (Å²) in [6.45, 7) is 8.01. The molecule has 0 amide bonds. The summed E-state index contributed by atoms with van der Waals surface area (Å²) in [4.78, 5) is 13.5. The summed E-state index contributed by atoms with van der Waals surface area (Å²) in [6.07, 6.45) is 1.89. The Labute approximate surface area is 81.1 Å². The highest BCUT2D eigenvalue weighted by Crippen LogP contribution is 2.08. The predicted molar refractivity (Wildman–Crippen MR) is 53.6 cm³/mol. The van der Waals surface area contributed by atoms with Crippen LogP contribution in [0.5, 0.6) is 0 Å². The summed E-state index contributed by atoms with van der Waals surface area (Å²) < 4.78 is 4.77. The monoisotopic (exact) mass is 187 g/mol. The van der Waals surface area contributed by atoms with Gasteiger partial charge in [-0.05, 0) is 19.5 Å². The van der Waals surface area contributed by atoms with Crippen LogP contribution in [0, 0.1) is 0 Å². The van der Waals surface area contributed by atoms with E-state index in [9.17, 15) is 4.79 Å². The van der Waals surface area contributed by atoms with E-state index in [1.54, 1.807) is 0 Å². The maximum atomic E-state index is 11.4. The van der Waals surface area contributed by atoms with Crippen molar-refractivity contribution in [2.75, 3.05) is 20.2 Å². The second kappa shape index (κ2) is 6.89. The summed E-state index contributed by atoms with van der Waals surface area (Å²) in [6, 6.07) is -0.0509. The van der Waals surface area contributed by atoms with Gasteiger partial charge in [0.1, 0.15) is 6.04 Å². The van der Waals surface area contributed by atoms with Gasteiger partial charge in [-0.1, -0.05) is 27.2 Å². The van der Waals surface area contributed by atoms with Crippen LogP contribution >= 0.6 is 0 Å². The second-order valence-electron chi connectivity index (χ2n) is 3.05. The molecule has 78 valence electrons. The Morgan fingerprint density at radius 1 is 1.31 bits per heavy atom. The molecule has 0 aliphatic carbocycles. The van der Waals surface area contributed by atoms with Gasteiger partial charge in [-0.25, -0.2) is 0 Å². The molecule has 0 aliphatic rings. The third kappa shape index (κ3) is 3.77. The number of ether oxygens (including phenoxy) is 1. The lowest BCUT2D eigenvalue weighted by Gasteiger charge is -2.26. The molecule has 3 heteroatoms. The minimum Gasteiger partial charge on any atom is -0.468 e.